The zero-order valence-corrected chi connectivity index (χ0v) is 7.42. The molecule has 0 aromatic rings. The van der Waals surface area contributed by atoms with E-state index in [1.54, 1.807) is 0 Å². The first-order valence-corrected chi connectivity index (χ1v) is 4.84. The van der Waals surface area contributed by atoms with Crippen molar-refractivity contribution in [2.75, 3.05) is 0 Å². The Bertz CT molecular complexity index is 95.0. The number of aliphatic hydroxyl groups is 1. The van der Waals surface area contributed by atoms with Gasteiger partial charge in [-0.15, -0.1) is 0 Å². The maximum absolute atomic E-state index is 9.65. The molecule has 1 rings (SSSR count). The van der Waals surface area contributed by atoms with Gasteiger partial charge in [-0.25, -0.2) is 0 Å². The molecular weight excluding hydrogens is 136 g/mol. The van der Waals surface area contributed by atoms with Gasteiger partial charge >= 0.3 is 0 Å². The van der Waals surface area contributed by atoms with Gasteiger partial charge < -0.3 is 5.11 Å². The average Bonchev–Trinajstić information content (AvgIpc) is 2.07. The summed E-state index contributed by atoms with van der Waals surface area (Å²) in [6.07, 6.45) is 9.31. The van der Waals surface area contributed by atoms with Crippen LogP contribution in [0.5, 0.6) is 0 Å². The van der Waals surface area contributed by atoms with Crippen LogP contribution in [0.4, 0.5) is 0 Å². The Morgan fingerprint density at radius 1 is 1.64 bits per heavy atom. The number of aliphatic hydroxyl groups excluding tert-OH is 1. The molecule has 2 atom stereocenters. The molecule has 0 heterocycles. The van der Waals surface area contributed by atoms with Crippen LogP contribution in [-0.2, 0) is 0 Å². The molecule has 1 N–H and O–H groups in total. The van der Waals surface area contributed by atoms with Crippen LogP contribution in [0.3, 0.4) is 0 Å². The lowest BCUT2D eigenvalue weighted by atomic mass is 9.84. The summed E-state index contributed by atoms with van der Waals surface area (Å²) in [7, 11) is 0. The summed E-state index contributed by atoms with van der Waals surface area (Å²) < 4.78 is 0. The van der Waals surface area contributed by atoms with Crippen molar-refractivity contribution in [2.45, 2.75) is 51.6 Å². The summed E-state index contributed by atoms with van der Waals surface area (Å²) >= 11 is 0. The van der Waals surface area contributed by atoms with Crippen molar-refractivity contribution in [2.24, 2.45) is 5.92 Å². The largest absolute Gasteiger partial charge is 0.393 e. The van der Waals surface area contributed by atoms with Crippen molar-refractivity contribution in [3.8, 4) is 0 Å². The Kier molecular flexibility index (Phi) is 3.92. The molecule has 1 nitrogen and oxygen atoms in total. The van der Waals surface area contributed by atoms with E-state index >= 15 is 0 Å². The van der Waals surface area contributed by atoms with Gasteiger partial charge in [0.05, 0.1) is 6.10 Å². The molecule has 0 aromatic heterocycles. The van der Waals surface area contributed by atoms with Gasteiger partial charge in [0.15, 0.2) is 0 Å². The van der Waals surface area contributed by atoms with Gasteiger partial charge in [-0.1, -0.05) is 26.2 Å². The van der Waals surface area contributed by atoms with Gasteiger partial charge in [-0.05, 0) is 31.6 Å². The van der Waals surface area contributed by atoms with Gasteiger partial charge in [0.25, 0.3) is 0 Å². The van der Waals surface area contributed by atoms with Crippen molar-refractivity contribution in [3.05, 3.63) is 6.42 Å². The van der Waals surface area contributed by atoms with Gasteiger partial charge in [0.2, 0.25) is 0 Å². The van der Waals surface area contributed by atoms with Crippen LogP contribution in [0.1, 0.15) is 45.4 Å². The second-order valence-corrected chi connectivity index (χ2v) is 3.57. The molecule has 1 fully saturated rings. The second kappa shape index (κ2) is 4.76. The van der Waals surface area contributed by atoms with Gasteiger partial charge in [0.1, 0.15) is 0 Å². The van der Waals surface area contributed by atoms with Gasteiger partial charge in [-0.3, -0.25) is 0 Å². The fraction of sp³-hybridized carbons (Fsp3) is 0.900. The number of hydrogen-bond acceptors (Lipinski definition) is 1. The van der Waals surface area contributed by atoms with E-state index < -0.39 is 0 Å². The fourth-order valence-corrected chi connectivity index (χ4v) is 1.86. The van der Waals surface area contributed by atoms with E-state index in [9.17, 15) is 5.11 Å². The highest BCUT2D eigenvalue weighted by Crippen LogP contribution is 2.27. The Balaban J connectivity index is 2.21. The highest BCUT2D eigenvalue weighted by atomic mass is 16.3. The Labute approximate surface area is 69.8 Å². The van der Waals surface area contributed by atoms with Gasteiger partial charge in [0, 0.05) is 0 Å². The van der Waals surface area contributed by atoms with Crippen LogP contribution >= 0.6 is 0 Å². The summed E-state index contributed by atoms with van der Waals surface area (Å²) in [5.41, 5.74) is 0. The van der Waals surface area contributed by atoms with E-state index in [0.717, 1.165) is 19.3 Å². The van der Waals surface area contributed by atoms with E-state index in [2.05, 4.69) is 13.3 Å². The molecule has 0 spiro atoms. The predicted molar refractivity (Wildman–Crippen MR) is 47.2 cm³/mol. The van der Waals surface area contributed by atoms with E-state index in [4.69, 9.17) is 0 Å². The Morgan fingerprint density at radius 3 is 3.00 bits per heavy atom. The SMILES string of the molecule is CCCC(O)C1C[CH]CCC1. The molecule has 11 heavy (non-hydrogen) atoms. The maximum Gasteiger partial charge on any atom is 0.0568 e. The van der Waals surface area contributed by atoms with Crippen molar-refractivity contribution < 1.29 is 5.11 Å². The van der Waals surface area contributed by atoms with Crippen molar-refractivity contribution in [1.82, 2.24) is 0 Å². The van der Waals surface area contributed by atoms with Crippen molar-refractivity contribution in [3.63, 3.8) is 0 Å². The highest BCUT2D eigenvalue weighted by Gasteiger charge is 2.20. The van der Waals surface area contributed by atoms with Crippen LogP contribution in [0, 0.1) is 12.3 Å². The molecule has 1 radical (unpaired) electrons. The van der Waals surface area contributed by atoms with Crippen molar-refractivity contribution in [1.29, 1.82) is 0 Å². The first-order valence-electron chi connectivity index (χ1n) is 4.84. The third-order valence-corrected chi connectivity index (χ3v) is 2.58. The van der Waals surface area contributed by atoms with E-state index in [-0.39, 0.29) is 6.10 Å². The molecule has 1 saturated carbocycles. The van der Waals surface area contributed by atoms with Crippen molar-refractivity contribution >= 4 is 0 Å². The summed E-state index contributed by atoms with van der Waals surface area (Å²) in [5, 5.41) is 9.65. The summed E-state index contributed by atoms with van der Waals surface area (Å²) in [6.45, 7) is 2.13. The third kappa shape index (κ3) is 2.82. The standard InChI is InChI=1S/C10H19O/c1-2-6-10(11)9-7-4-3-5-8-9/h4,9-11H,2-3,5-8H2,1H3. The molecule has 2 unspecified atom stereocenters. The lowest BCUT2D eigenvalue weighted by molar-refractivity contribution is 0.0852. The predicted octanol–water partition coefficient (Wildman–Crippen LogP) is 2.54. The first-order chi connectivity index (χ1) is 5.34. The van der Waals surface area contributed by atoms with E-state index in [0.29, 0.717) is 5.92 Å². The Morgan fingerprint density at radius 2 is 2.45 bits per heavy atom. The average molecular weight is 155 g/mol. The van der Waals surface area contributed by atoms with Crippen LogP contribution < -0.4 is 0 Å². The quantitative estimate of drug-likeness (QED) is 0.664. The molecule has 65 valence electrons. The minimum absolute atomic E-state index is 0.0310. The molecule has 0 aromatic carbocycles. The van der Waals surface area contributed by atoms with Crippen LogP contribution in [-0.4, -0.2) is 11.2 Å². The molecule has 1 heteroatoms. The van der Waals surface area contributed by atoms with Crippen LogP contribution in [0.2, 0.25) is 0 Å². The Hall–Kier alpha value is -0.0400. The fourth-order valence-electron chi connectivity index (χ4n) is 1.86. The third-order valence-electron chi connectivity index (χ3n) is 2.58. The zero-order chi connectivity index (χ0) is 8.10. The van der Waals surface area contributed by atoms with Gasteiger partial charge in [-0.2, -0.15) is 0 Å². The molecule has 1 aliphatic carbocycles. The minimum Gasteiger partial charge on any atom is -0.393 e. The maximum atomic E-state index is 9.65. The number of rotatable bonds is 3. The van der Waals surface area contributed by atoms with E-state index in [1.807, 2.05) is 0 Å². The first kappa shape index (κ1) is 9.05. The highest BCUT2D eigenvalue weighted by molar-refractivity contribution is 4.81. The smallest absolute Gasteiger partial charge is 0.0568 e. The number of hydrogen-bond donors (Lipinski definition) is 1. The zero-order valence-electron chi connectivity index (χ0n) is 7.42. The lowest BCUT2D eigenvalue weighted by Gasteiger charge is -2.25. The lowest BCUT2D eigenvalue weighted by Crippen LogP contribution is -2.22. The summed E-state index contributed by atoms with van der Waals surface area (Å²) in [4.78, 5) is 0. The summed E-state index contributed by atoms with van der Waals surface area (Å²) in [6, 6.07) is 0. The second-order valence-electron chi connectivity index (χ2n) is 3.57. The molecule has 1 aliphatic rings. The topological polar surface area (TPSA) is 20.2 Å². The molecule has 0 saturated heterocycles. The van der Waals surface area contributed by atoms with Crippen LogP contribution in [0.15, 0.2) is 0 Å². The minimum atomic E-state index is -0.0310. The summed E-state index contributed by atoms with van der Waals surface area (Å²) in [5.74, 6) is 0.573. The molecular formula is C10H19O. The molecule has 0 amide bonds. The molecule has 0 aliphatic heterocycles. The monoisotopic (exact) mass is 155 g/mol. The van der Waals surface area contributed by atoms with Crippen LogP contribution in [0.25, 0.3) is 0 Å². The normalized spacial score (nSPS) is 23.5. The molecule has 0 bridgehead atoms. The van der Waals surface area contributed by atoms with E-state index in [1.165, 1.54) is 19.3 Å².